The first-order valence-corrected chi connectivity index (χ1v) is 8.64. The molecule has 1 heterocycles. The van der Waals surface area contributed by atoms with Crippen molar-refractivity contribution in [1.82, 2.24) is 10.2 Å². The highest BCUT2D eigenvalue weighted by molar-refractivity contribution is 5.68. The predicted octanol–water partition coefficient (Wildman–Crippen LogP) is 4.13. The fourth-order valence-electron chi connectivity index (χ4n) is 2.96. The summed E-state index contributed by atoms with van der Waals surface area (Å²) in [5.41, 5.74) is 0.879. The second kappa shape index (κ2) is 7.82. The first kappa shape index (κ1) is 17.8. The van der Waals surface area contributed by atoms with Crippen LogP contribution in [0.15, 0.2) is 30.3 Å². The summed E-state index contributed by atoms with van der Waals surface area (Å²) in [6, 6.07) is 11.3. The molecule has 4 nitrogen and oxygen atoms in total. The van der Waals surface area contributed by atoms with Crippen molar-refractivity contribution in [2.24, 2.45) is 0 Å². The van der Waals surface area contributed by atoms with E-state index in [-0.39, 0.29) is 6.09 Å². The maximum atomic E-state index is 12.2. The van der Waals surface area contributed by atoms with Crippen LogP contribution in [0.5, 0.6) is 0 Å². The van der Waals surface area contributed by atoms with Gasteiger partial charge in [0.2, 0.25) is 0 Å². The second-order valence-corrected chi connectivity index (χ2v) is 7.39. The lowest BCUT2D eigenvalue weighted by Crippen LogP contribution is -2.38. The number of likely N-dealkylation sites (tertiary alicyclic amines) is 1. The number of benzene rings is 1. The number of ether oxygens (including phenoxy) is 1. The lowest BCUT2D eigenvalue weighted by molar-refractivity contribution is 0.0256. The highest BCUT2D eigenvalue weighted by atomic mass is 16.6. The van der Waals surface area contributed by atoms with Crippen LogP contribution in [0.2, 0.25) is 0 Å². The molecule has 0 radical (unpaired) electrons. The zero-order valence-electron chi connectivity index (χ0n) is 14.8. The summed E-state index contributed by atoms with van der Waals surface area (Å²) in [7, 11) is 0. The van der Waals surface area contributed by atoms with Crippen molar-refractivity contribution in [3.63, 3.8) is 0 Å². The third kappa shape index (κ3) is 5.87. The number of nitrogens with zero attached hydrogens (tertiary/aromatic N) is 1. The van der Waals surface area contributed by atoms with Crippen LogP contribution in [0.1, 0.15) is 58.6 Å². The van der Waals surface area contributed by atoms with Gasteiger partial charge in [0, 0.05) is 25.2 Å². The summed E-state index contributed by atoms with van der Waals surface area (Å²) >= 11 is 0. The molecule has 4 heteroatoms. The lowest BCUT2D eigenvalue weighted by Gasteiger charge is -2.26. The molecule has 0 aliphatic carbocycles. The number of hydrogen-bond donors (Lipinski definition) is 1. The molecule has 1 aromatic carbocycles. The molecule has 1 fully saturated rings. The predicted molar refractivity (Wildman–Crippen MR) is 93.4 cm³/mol. The van der Waals surface area contributed by atoms with Gasteiger partial charge in [-0.3, -0.25) is 0 Å². The summed E-state index contributed by atoms with van der Waals surface area (Å²) in [5.74, 6) is 0. The third-order valence-electron chi connectivity index (χ3n) is 4.17. The normalized spacial score (nSPS) is 20.7. The van der Waals surface area contributed by atoms with E-state index >= 15 is 0 Å². The van der Waals surface area contributed by atoms with Gasteiger partial charge in [-0.05, 0) is 52.5 Å². The molecule has 1 aromatic rings. The Hall–Kier alpha value is -1.55. The Morgan fingerprint density at radius 3 is 2.57 bits per heavy atom. The summed E-state index contributed by atoms with van der Waals surface area (Å²) < 4.78 is 5.48. The van der Waals surface area contributed by atoms with Crippen molar-refractivity contribution in [3.8, 4) is 0 Å². The fraction of sp³-hybridized carbons (Fsp3) is 0.632. The van der Waals surface area contributed by atoms with E-state index in [1.165, 1.54) is 5.56 Å². The fourth-order valence-corrected chi connectivity index (χ4v) is 2.96. The number of hydrogen-bond acceptors (Lipinski definition) is 3. The van der Waals surface area contributed by atoms with Crippen molar-refractivity contribution in [2.45, 2.75) is 64.6 Å². The van der Waals surface area contributed by atoms with E-state index in [0.29, 0.717) is 12.1 Å². The number of rotatable bonds is 3. The van der Waals surface area contributed by atoms with Gasteiger partial charge in [-0.2, -0.15) is 0 Å². The Bertz CT molecular complexity index is 496. The number of nitrogens with one attached hydrogen (secondary N) is 1. The molecule has 1 saturated heterocycles. The minimum atomic E-state index is -0.428. The van der Waals surface area contributed by atoms with Crippen LogP contribution in [0.3, 0.4) is 0 Å². The van der Waals surface area contributed by atoms with Crippen molar-refractivity contribution in [2.75, 3.05) is 13.1 Å². The minimum Gasteiger partial charge on any atom is -0.444 e. The summed E-state index contributed by atoms with van der Waals surface area (Å²) in [4.78, 5) is 14.0. The Morgan fingerprint density at radius 2 is 1.91 bits per heavy atom. The Labute approximate surface area is 140 Å². The van der Waals surface area contributed by atoms with Crippen molar-refractivity contribution in [3.05, 3.63) is 35.9 Å². The largest absolute Gasteiger partial charge is 0.444 e. The highest BCUT2D eigenvalue weighted by Gasteiger charge is 2.25. The molecule has 0 aromatic heterocycles. The zero-order valence-corrected chi connectivity index (χ0v) is 14.8. The van der Waals surface area contributed by atoms with Gasteiger partial charge >= 0.3 is 6.09 Å². The van der Waals surface area contributed by atoms with E-state index in [1.54, 1.807) is 0 Å². The van der Waals surface area contributed by atoms with Gasteiger partial charge in [-0.25, -0.2) is 4.79 Å². The van der Waals surface area contributed by atoms with E-state index in [1.807, 2.05) is 31.7 Å². The van der Waals surface area contributed by atoms with Crippen molar-refractivity contribution < 1.29 is 9.53 Å². The average Bonchev–Trinajstić information content (AvgIpc) is 2.72. The maximum absolute atomic E-state index is 12.2. The van der Waals surface area contributed by atoms with Gasteiger partial charge in [0.15, 0.2) is 0 Å². The van der Waals surface area contributed by atoms with E-state index < -0.39 is 5.60 Å². The Balaban J connectivity index is 1.85. The van der Waals surface area contributed by atoms with Gasteiger partial charge in [0.25, 0.3) is 0 Å². The first-order chi connectivity index (χ1) is 10.8. The zero-order chi connectivity index (χ0) is 16.9. The Morgan fingerprint density at radius 1 is 1.22 bits per heavy atom. The average molecular weight is 318 g/mol. The van der Waals surface area contributed by atoms with E-state index in [4.69, 9.17) is 4.74 Å². The summed E-state index contributed by atoms with van der Waals surface area (Å²) in [6.07, 6.45) is 2.89. The maximum Gasteiger partial charge on any atom is 0.410 e. The van der Waals surface area contributed by atoms with Gasteiger partial charge in [-0.15, -0.1) is 0 Å². The van der Waals surface area contributed by atoms with Crippen LogP contribution in [0, 0.1) is 0 Å². The smallest absolute Gasteiger partial charge is 0.410 e. The molecular weight excluding hydrogens is 288 g/mol. The topological polar surface area (TPSA) is 41.6 Å². The van der Waals surface area contributed by atoms with Gasteiger partial charge in [0.05, 0.1) is 0 Å². The van der Waals surface area contributed by atoms with E-state index in [2.05, 4.69) is 36.5 Å². The summed E-state index contributed by atoms with van der Waals surface area (Å²) in [6.45, 7) is 9.48. The van der Waals surface area contributed by atoms with Crippen molar-refractivity contribution in [1.29, 1.82) is 0 Å². The molecule has 1 N–H and O–H groups in total. The van der Waals surface area contributed by atoms with Gasteiger partial charge < -0.3 is 15.0 Å². The van der Waals surface area contributed by atoms with Crippen LogP contribution >= 0.6 is 0 Å². The molecule has 1 amide bonds. The SMILES string of the molecule is CC(NC1CCCN(C(=O)OC(C)(C)C)CC1)c1ccccc1. The molecular formula is C19H30N2O2. The molecule has 128 valence electrons. The highest BCUT2D eigenvalue weighted by Crippen LogP contribution is 2.19. The van der Waals surface area contributed by atoms with Gasteiger partial charge in [0.1, 0.15) is 5.60 Å². The summed E-state index contributed by atoms with van der Waals surface area (Å²) in [5, 5.41) is 3.70. The van der Waals surface area contributed by atoms with Crippen LogP contribution < -0.4 is 5.32 Å². The molecule has 2 atom stereocenters. The van der Waals surface area contributed by atoms with E-state index in [0.717, 1.165) is 32.4 Å². The standard InChI is InChI=1S/C19H30N2O2/c1-15(16-9-6-5-7-10-16)20-17-11-8-13-21(14-12-17)18(22)23-19(2,3)4/h5-7,9-10,15,17,20H,8,11-14H2,1-4H3. The molecule has 0 saturated carbocycles. The molecule has 0 bridgehead atoms. The molecule has 2 rings (SSSR count). The first-order valence-electron chi connectivity index (χ1n) is 8.64. The molecule has 2 unspecified atom stereocenters. The van der Waals surface area contributed by atoms with Crippen LogP contribution in [-0.4, -0.2) is 35.7 Å². The van der Waals surface area contributed by atoms with Crippen LogP contribution in [0.25, 0.3) is 0 Å². The Kier molecular flexibility index (Phi) is 6.05. The number of amides is 1. The third-order valence-corrected chi connectivity index (χ3v) is 4.17. The molecule has 0 spiro atoms. The lowest BCUT2D eigenvalue weighted by atomic mass is 10.0. The monoisotopic (exact) mass is 318 g/mol. The second-order valence-electron chi connectivity index (χ2n) is 7.39. The minimum absolute atomic E-state index is 0.186. The number of carbonyl (C=O) groups excluding carboxylic acids is 1. The number of carbonyl (C=O) groups is 1. The molecule has 23 heavy (non-hydrogen) atoms. The molecule has 1 aliphatic rings. The molecule has 1 aliphatic heterocycles. The quantitative estimate of drug-likeness (QED) is 0.911. The van der Waals surface area contributed by atoms with Crippen LogP contribution in [-0.2, 0) is 4.74 Å². The van der Waals surface area contributed by atoms with Gasteiger partial charge in [-0.1, -0.05) is 30.3 Å². The van der Waals surface area contributed by atoms with Crippen molar-refractivity contribution >= 4 is 6.09 Å². The van der Waals surface area contributed by atoms with Crippen LogP contribution in [0.4, 0.5) is 4.79 Å². The van der Waals surface area contributed by atoms with E-state index in [9.17, 15) is 4.79 Å².